The van der Waals surface area contributed by atoms with Gasteiger partial charge in [-0.15, -0.1) is 5.10 Å². The zero-order valence-corrected chi connectivity index (χ0v) is 34.9. The van der Waals surface area contributed by atoms with Crippen LogP contribution in [0, 0.1) is 0 Å². The lowest BCUT2D eigenvalue weighted by Gasteiger charge is -2.53. The van der Waals surface area contributed by atoms with Gasteiger partial charge < -0.3 is 20.4 Å². The average molecular weight is 867 g/mol. The Bertz CT molecular complexity index is 2620. The molecule has 5 aromatic rings. The molecule has 3 atom stereocenters. The number of hydrogen-bond acceptors (Lipinski definition) is 12. The Morgan fingerprint density at radius 3 is 2.46 bits per heavy atom. The molecule has 20 heteroatoms. The standard InChI is InChI=1S/C43H49F3N14O3/c1-47-31-19-36(52-60-34(20-48-39(31)60)41(62)50-30-18-29(30)44)57-12-7-28-26(4-2-5-32(28)57)22-53-11-8-35(43(45,46)25-53)56-23-27(24-56)54-14-16-55(17-15-54)33-6-3-10-58-38(21-49-40(33)58)59-13-9-37(61)51-42(59)63/h2-6,10,19-21,27,29-30,35,47H,7-9,11-18,22-25H2,1H3,(H,50,62)(H,51,61,63)/t29-,30?,35?/m0/s1. The van der Waals surface area contributed by atoms with Gasteiger partial charge in [-0.05, 0) is 42.2 Å². The third-order valence-corrected chi connectivity index (χ3v) is 13.8. The number of imide groups is 1. The Hall–Kier alpha value is -5.99. The highest BCUT2D eigenvalue weighted by molar-refractivity contribution is 6.05. The van der Waals surface area contributed by atoms with Gasteiger partial charge in [0.2, 0.25) is 5.91 Å². The first-order valence-corrected chi connectivity index (χ1v) is 21.8. The topological polar surface area (TPSA) is 154 Å². The Morgan fingerprint density at radius 2 is 1.70 bits per heavy atom. The van der Waals surface area contributed by atoms with Gasteiger partial charge in [0.05, 0.1) is 42.4 Å². The molecule has 3 N–H and O–H groups in total. The molecule has 0 radical (unpaired) electrons. The van der Waals surface area contributed by atoms with E-state index in [0.717, 1.165) is 60.7 Å². The zero-order chi connectivity index (χ0) is 43.1. The molecule has 5 aliphatic heterocycles. The molecule has 4 amide bonds. The Morgan fingerprint density at radius 1 is 0.921 bits per heavy atom. The van der Waals surface area contributed by atoms with E-state index in [0.29, 0.717) is 75.1 Å². The molecular weight excluding hydrogens is 818 g/mol. The number of carbonyl (C=O) groups is 3. The van der Waals surface area contributed by atoms with Crippen molar-refractivity contribution in [1.29, 1.82) is 0 Å². The number of piperazine rings is 1. The highest BCUT2D eigenvalue weighted by Crippen LogP contribution is 2.40. The fourth-order valence-corrected chi connectivity index (χ4v) is 10.2. The molecule has 6 aliphatic rings. The molecule has 4 aromatic heterocycles. The van der Waals surface area contributed by atoms with Crippen LogP contribution in [-0.2, 0) is 17.8 Å². The molecule has 0 bridgehead atoms. The number of imidazole rings is 2. The van der Waals surface area contributed by atoms with Gasteiger partial charge in [0.25, 0.3) is 11.8 Å². The minimum Gasteiger partial charge on any atom is -0.385 e. The number of carbonyl (C=O) groups excluding carboxylic acids is 3. The van der Waals surface area contributed by atoms with E-state index in [-0.39, 0.29) is 30.6 Å². The number of benzene rings is 1. The lowest BCUT2D eigenvalue weighted by molar-refractivity contribution is -0.154. The summed E-state index contributed by atoms with van der Waals surface area (Å²) in [5.74, 6) is -2.36. The van der Waals surface area contributed by atoms with Crippen molar-refractivity contribution in [3.05, 3.63) is 71.8 Å². The van der Waals surface area contributed by atoms with Crippen molar-refractivity contribution >= 4 is 57.8 Å². The van der Waals surface area contributed by atoms with Crippen LogP contribution in [0.2, 0.25) is 0 Å². The molecule has 4 saturated heterocycles. The number of piperidine rings is 1. The fraction of sp³-hybridized carbons (Fsp3) is 0.488. The summed E-state index contributed by atoms with van der Waals surface area (Å²) in [6.07, 6.45) is 5.60. The molecule has 0 spiro atoms. The van der Waals surface area contributed by atoms with Crippen LogP contribution in [0.3, 0.4) is 0 Å². The van der Waals surface area contributed by atoms with Crippen LogP contribution in [0.15, 0.2) is 55.0 Å². The van der Waals surface area contributed by atoms with Gasteiger partial charge in [0.15, 0.2) is 22.8 Å². The number of nitrogens with zero attached hydrogens (tertiary/aromatic N) is 11. The predicted molar refractivity (Wildman–Crippen MR) is 229 cm³/mol. The van der Waals surface area contributed by atoms with Gasteiger partial charge in [0, 0.05) is 109 Å². The van der Waals surface area contributed by atoms with Crippen LogP contribution in [-0.4, -0.2) is 159 Å². The van der Waals surface area contributed by atoms with Gasteiger partial charge in [0.1, 0.15) is 12.0 Å². The van der Waals surface area contributed by atoms with Crippen molar-refractivity contribution in [3.63, 3.8) is 0 Å². The molecule has 5 fully saturated rings. The Kier molecular flexibility index (Phi) is 9.72. The predicted octanol–water partition coefficient (Wildman–Crippen LogP) is 3.12. The summed E-state index contributed by atoms with van der Waals surface area (Å²) in [4.78, 5) is 58.5. The summed E-state index contributed by atoms with van der Waals surface area (Å²) in [5.41, 5.74) is 6.16. The van der Waals surface area contributed by atoms with Crippen LogP contribution in [0.4, 0.5) is 46.7 Å². The van der Waals surface area contributed by atoms with Gasteiger partial charge >= 0.3 is 6.03 Å². The van der Waals surface area contributed by atoms with E-state index in [4.69, 9.17) is 5.10 Å². The number of aromatic nitrogens is 5. The van der Waals surface area contributed by atoms with Crippen LogP contribution < -0.4 is 30.7 Å². The van der Waals surface area contributed by atoms with Crippen molar-refractivity contribution in [2.75, 3.05) is 92.5 Å². The quantitative estimate of drug-likeness (QED) is 0.189. The second kappa shape index (κ2) is 15.4. The van der Waals surface area contributed by atoms with Gasteiger partial charge in [-0.1, -0.05) is 12.1 Å². The fourth-order valence-electron chi connectivity index (χ4n) is 10.2. The number of rotatable bonds is 10. The van der Waals surface area contributed by atoms with Gasteiger partial charge in [-0.2, -0.15) is 0 Å². The number of fused-ring (bicyclic) bond motifs is 3. The minimum absolute atomic E-state index is 0.219. The third-order valence-electron chi connectivity index (χ3n) is 13.8. The molecular formula is C43H49F3N14O3. The maximum Gasteiger partial charge on any atom is 0.329 e. The summed E-state index contributed by atoms with van der Waals surface area (Å²) in [6, 6.07) is 10.4. The lowest BCUT2D eigenvalue weighted by atomic mass is 9.93. The number of halogens is 3. The molecule has 330 valence electrons. The molecule has 1 aromatic carbocycles. The molecule has 9 heterocycles. The Balaban J connectivity index is 0.702. The summed E-state index contributed by atoms with van der Waals surface area (Å²) in [5, 5.41) is 13.1. The highest BCUT2D eigenvalue weighted by atomic mass is 19.3. The minimum atomic E-state index is -2.86. The first-order chi connectivity index (χ1) is 30.5. The van der Waals surface area contributed by atoms with Crippen LogP contribution in [0.25, 0.3) is 11.3 Å². The lowest BCUT2D eigenvalue weighted by Crippen LogP contribution is -2.69. The smallest absolute Gasteiger partial charge is 0.329 e. The summed E-state index contributed by atoms with van der Waals surface area (Å²) < 4.78 is 49.1. The molecule has 1 aliphatic carbocycles. The maximum atomic E-state index is 16.1. The number of likely N-dealkylation sites (tertiary alicyclic amines) is 2. The second-order valence-corrected chi connectivity index (χ2v) is 17.6. The van der Waals surface area contributed by atoms with E-state index >= 15 is 8.78 Å². The molecule has 1 saturated carbocycles. The van der Waals surface area contributed by atoms with Crippen molar-refractivity contribution < 1.29 is 27.6 Å². The van der Waals surface area contributed by atoms with Crippen molar-refractivity contribution in [1.82, 2.24) is 49.3 Å². The molecule has 11 rings (SSSR count). The Labute approximate surface area is 360 Å². The number of urea groups is 1. The third kappa shape index (κ3) is 7.07. The number of nitrogens with one attached hydrogen (secondary N) is 3. The number of pyridine rings is 1. The normalized spacial score (nSPS) is 24.5. The van der Waals surface area contributed by atoms with E-state index in [1.807, 2.05) is 56.8 Å². The largest absolute Gasteiger partial charge is 0.385 e. The zero-order valence-electron chi connectivity index (χ0n) is 34.9. The van der Waals surface area contributed by atoms with Crippen LogP contribution in [0.5, 0.6) is 0 Å². The van der Waals surface area contributed by atoms with Crippen molar-refractivity contribution in [3.8, 4) is 0 Å². The van der Waals surface area contributed by atoms with Crippen LogP contribution >= 0.6 is 0 Å². The van der Waals surface area contributed by atoms with Crippen molar-refractivity contribution in [2.45, 2.75) is 62.4 Å². The first kappa shape index (κ1) is 39.8. The van der Waals surface area contributed by atoms with Gasteiger partial charge in [-0.3, -0.25) is 38.9 Å². The monoisotopic (exact) mass is 866 g/mol. The summed E-state index contributed by atoms with van der Waals surface area (Å²) in [7, 11) is 1.78. The highest BCUT2D eigenvalue weighted by Gasteiger charge is 2.51. The first-order valence-electron chi connectivity index (χ1n) is 21.8. The SMILES string of the molecule is CNc1cc(N2CCc3c(CN4CCC(N5CC(N6CCN(c7cccn8c(N9CCC(=O)NC9=O)cnc78)CC6)C5)C(F)(F)C4)cccc32)nn2c(C(=O)NC3C[C@@H]3F)cnc12. The average Bonchev–Trinajstić information content (AvgIpc) is 3.63. The summed E-state index contributed by atoms with van der Waals surface area (Å²) in [6.45, 7) is 6.03. The molecule has 2 unspecified atom stereocenters. The number of anilines is 5. The van der Waals surface area contributed by atoms with E-state index in [1.165, 1.54) is 15.6 Å². The number of amides is 4. The second-order valence-electron chi connectivity index (χ2n) is 17.6. The number of alkyl halides is 3. The van der Waals surface area contributed by atoms with E-state index in [9.17, 15) is 18.8 Å². The van der Waals surface area contributed by atoms with E-state index in [1.54, 1.807) is 13.2 Å². The van der Waals surface area contributed by atoms with E-state index in [2.05, 4.69) is 40.6 Å². The number of hydrogen-bond donors (Lipinski definition) is 3. The van der Waals surface area contributed by atoms with E-state index < -0.39 is 36.1 Å². The van der Waals surface area contributed by atoms with Crippen molar-refractivity contribution in [2.24, 2.45) is 0 Å². The summed E-state index contributed by atoms with van der Waals surface area (Å²) >= 11 is 0. The van der Waals surface area contributed by atoms with Crippen LogP contribution in [0.1, 0.15) is 40.9 Å². The maximum absolute atomic E-state index is 16.1. The molecule has 63 heavy (non-hydrogen) atoms. The molecule has 17 nitrogen and oxygen atoms in total. The van der Waals surface area contributed by atoms with Gasteiger partial charge in [-0.25, -0.2) is 32.4 Å².